The van der Waals surface area contributed by atoms with E-state index in [4.69, 9.17) is 36.1 Å². The first-order chi connectivity index (χ1) is 5.20. The van der Waals surface area contributed by atoms with E-state index in [-0.39, 0.29) is 48.9 Å². The SMILES string of the molecule is [O]=[Ge]([O-])[O-].[O]=[Ge]([O-])[O-].[O]=[Ge]([O-])[O-].[Sb+3].[Sb+3]. The maximum absolute atomic E-state index is 8.58. The molecule has 0 atom stereocenters. The molecule has 0 aliphatic carbocycles. The van der Waals surface area contributed by atoms with Crippen molar-refractivity contribution < 1.29 is 36.1 Å². The quantitative estimate of drug-likeness (QED) is 0.242. The molecular weight excluding hydrogens is 605 g/mol. The summed E-state index contributed by atoms with van der Waals surface area (Å²) in [7, 11) is 0. The molecule has 0 heterocycles. The first kappa shape index (κ1) is 29.5. The maximum Gasteiger partial charge on any atom is 3.00 e. The summed E-state index contributed by atoms with van der Waals surface area (Å²) in [6.45, 7) is 0. The predicted octanol–water partition coefficient (Wildman–Crippen LogP) is -9.39. The zero-order valence-electron chi connectivity index (χ0n) is 6.07. The molecule has 0 bridgehead atoms. The molecular formula is Ge3O9Sb2. The average Bonchev–Trinajstić information content (AvgIpc) is 1.54. The summed E-state index contributed by atoms with van der Waals surface area (Å²) in [6.07, 6.45) is 0. The third-order valence-corrected chi connectivity index (χ3v) is 0. The van der Waals surface area contributed by atoms with Crippen molar-refractivity contribution in [2.24, 2.45) is 0 Å². The fourth-order valence-electron chi connectivity index (χ4n) is 0. The van der Waals surface area contributed by atoms with E-state index in [0.29, 0.717) is 0 Å². The summed E-state index contributed by atoms with van der Waals surface area (Å²) in [5.74, 6) is 0. The number of hydrogen-bond acceptors (Lipinski definition) is 9. The van der Waals surface area contributed by atoms with Crippen molar-refractivity contribution in [3.8, 4) is 0 Å². The van der Waals surface area contributed by atoms with Crippen LogP contribution in [0.3, 0.4) is 0 Å². The van der Waals surface area contributed by atoms with E-state index < -0.39 is 44.9 Å². The number of rotatable bonds is 0. The molecule has 0 unspecified atom stereocenters. The van der Waals surface area contributed by atoms with Crippen molar-refractivity contribution in [2.45, 2.75) is 0 Å². The Morgan fingerprint density at radius 3 is 0.500 bits per heavy atom. The molecule has 14 heteroatoms. The fourth-order valence-corrected chi connectivity index (χ4v) is 0. The van der Waals surface area contributed by atoms with Crippen molar-refractivity contribution in [1.29, 1.82) is 0 Å². The Morgan fingerprint density at radius 1 is 0.500 bits per heavy atom. The molecule has 0 aliphatic rings. The van der Waals surface area contributed by atoms with E-state index in [1.807, 2.05) is 0 Å². The van der Waals surface area contributed by atoms with Crippen LogP contribution < -0.4 is 24.8 Å². The van der Waals surface area contributed by atoms with E-state index in [0.717, 1.165) is 0 Å². The van der Waals surface area contributed by atoms with Gasteiger partial charge in [0.2, 0.25) is 0 Å². The smallest absolute Gasteiger partial charge is 3.00 e. The van der Waals surface area contributed by atoms with Gasteiger partial charge in [-0.25, -0.2) is 0 Å². The van der Waals surface area contributed by atoms with E-state index in [9.17, 15) is 0 Å². The van der Waals surface area contributed by atoms with Gasteiger partial charge in [0, 0.05) is 0 Å². The second-order valence-corrected chi connectivity index (χ2v) is 3.90. The molecule has 4 radical (unpaired) electrons. The van der Waals surface area contributed by atoms with Crippen LogP contribution in [0, 0.1) is 0 Å². The minimum atomic E-state index is -4.08. The third-order valence-electron chi connectivity index (χ3n) is 0. The molecule has 9 nitrogen and oxygen atoms in total. The Labute approximate surface area is 128 Å². The molecule has 0 saturated heterocycles. The molecule has 0 saturated carbocycles. The summed E-state index contributed by atoms with van der Waals surface area (Å²) in [5, 5.41) is 0. The van der Waals surface area contributed by atoms with Crippen molar-refractivity contribution in [3.05, 3.63) is 0 Å². The Bertz CT molecular complexity index is 116. The third kappa shape index (κ3) is 975. The van der Waals surface area contributed by atoms with Crippen LogP contribution in [0.1, 0.15) is 0 Å². The molecule has 76 valence electrons. The monoisotopic (exact) mass is 608 g/mol. The van der Waals surface area contributed by atoms with Crippen LogP contribution in [-0.4, -0.2) is 93.7 Å². The fraction of sp³-hybridized carbons (Fsp3) is 0. The second-order valence-electron chi connectivity index (χ2n) is 0.750. The largest absolute Gasteiger partial charge is 3.00 e. The summed E-state index contributed by atoms with van der Waals surface area (Å²) in [5.41, 5.74) is 0. The summed E-state index contributed by atoms with van der Waals surface area (Å²) >= 11 is -12.2. The zero-order valence-corrected chi connectivity index (χ0v) is 17.5. The number of hydrogen-bond donors (Lipinski definition) is 0. The summed E-state index contributed by atoms with van der Waals surface area (Å²) < 4.78 is 77.2. The molecule has 0 aromatic carbocycles. The molecule has 0 N–H and O–H groups in total. The van der Waals surface area contributed by atoms with Crippen LogP contribution in [0.5, 0.6) is 0 Å². The molecule has 0 aromatic heterocycles. The van der Waals surface area contributed by atoms with Gasteiger partial charge in [-0.2, -0.15) is 0 Å². The Balaban J connectivity index is -0.0000000270. The van der Waals surface area contributed by atoms with Crippen LogP contribution in [-0.2, 0) is 11.3 Å². The Kier molecular flexibility index (Phi) is 50.5. The zero-order chi connectivity index (χ0) is 10.7. The van der Waals surface area contributed by atoms with Gasteiger partial charge in [0.1, 0.15) is 0 Å². The van der Waals surface area contributed by atoms with Crippen molar-refractivity contribution in [2.75, 3.05) is 0 Å². The minimum Gasteiger partial charge on any atom is 3.00 e. The first-order valence-electron chi connectivity index (χ1n) is 1.84. The van der Waals surface area contributed by atoms with Gasteiger partial charge in [0.25, 0.3) is 0 Å². The Morgan fingerprint density at radius 2 is 0.500 bits per heavy atom. The minimum absolute atomic E-state index is 0. The van der Waals surface area contributed by atoms with Gasteiger partial charge < -0.3 is 0 Å². The molecule has 14 heavy (non-hydrogen) atoms. The van der Waals surface area contributed by atoms with E-state index >= 15 is 0 Å². The van der Waals surface area contributed by atoms with Crippen LogP contribution in [0.2, 0.25) is 0 Å². The van der Waals surface area contributed by atoms with E-state index in [1.54, 1.807) is 0 Å². The van der Waals surface area contributed by atoms with Gasteiger partial charge >= 0.3 is 130 Å². The van der Waals surface area contributed by atoms with Gasteiger partial charge in [-0.3, -0.25) is 0 Å². The van der Waals surface area contributed by atoms with Gasteiger partial charge in [-0.05, 0) is 0 Å². The van der Waals surface area contributed by atoms with E-state index in [1.165, 1.54) is 0 Å². The standard InChI is InChI=1S/3GeO3.2Sb/c3*2-1(3)4;;/q3*-2;2*+3. The summed E-state index contributed by atoms with van der Waals surface area (Å²) in [4.78, 5) is 0. The molecule has 0 rings (SSSR count). The molecule has 0 amide bonds. The molecule has 0 spiro atoms. The second kappa shape index (κ2) is 23.9. The Hall–Kier alpha value is 1.46. The van der Waals surface area contributed by atoms with Crippen LogP contribution in [0.15, 0.2) is 0 Å². The van der Waals surface area contributed by atoms with Gasteiger partial charge in [-0.15, -0.1) is 0 Å². The molecule has 0 aliphatic heterocycles. The van der Waals surface area contributed by atoms with Crippen LogP contribution in [0.25, 0.3) is 0 Å². The van der Waals surface area contributed by atoms with E-state index in [2.05, 4.69) is 0 Å². The van der Waals surface area contributed by atoms with Crippen molar-refractivity contribution in [3.63, 3.8) is 0 Å². The van der Waals surface area contributed by atoms with Gasteiger partial charge in [0.05, 0.1) is 0 Å². The predicted molar refractivity (Wildman–Crippen MR) is 30.8 cm³/mol. The first-order valence-corrected chi connectivity index (χ1v) is 9.55. The van der Waals surface area contributed by atoms with Crippen LogP contribution >= 0.6 is 0 Å². The van der Waals surface area contributed by atoms with Crippen LogP contribution in [0.4, 0.5) is 0 Å². The normalized spacial score (nSPS) is 5.14. The molecule has 0 fully saturated rings. The topological polar surface area (TPSA) is 190 Å². The average molecular weight is 605 g/mol. The maximum atomic E-state index is 8.58. The summed E-state index contributed by atoms with van der Waals surface area (Å²) in [6, 6.07) is 0. The van der Waals surface area contributed by atoms with Gasteiger partial charge in [-0.1, -0.05) is 0 Å². The van der Waals surface area contributed by atoms with Gasteiger partial charge in [0.15, 0.2) is 0 Å². The van der Waals surface area contributed by atoms with Crippen molar-refractivity contribution in [1.82, 2.24) is 0 Å². The van der Waals surface area contributed by atoms with Crippen molar-refractivity contribution >= 4 is 93.7 Å². The molecule has 0 aromatic rings.